The maximum Gasteiger partial charge on any atom is 0.233 e. The molecule has 14 heteroatoms. The summed E-state index contributed by atoms with van der Waals surface area (Å²) in [7, 11) is 0. The van der Waals surface area contributed by atoms with E-state index in [1.807, 2.05) is 0 Å². The lowest BCUT2D eigenvalue weighted by Crippen LogP contribution is -2.74. The van der Waals surface area contributed by atoms with Gasteiger partial charge in [0.1, 0.15) is 48.3 Å². The lowest BCUT2D eigenvalue weighted by atomic mass is 9.78. The van der Waals surface area contributed by atoms with Crippen LogP contribution in [-0.2, 0) is 23.8 Å². The van der Waals surface area contributed by atoms with Gasteiger partial charge in [0.05, 0.1) is 19.8 Å². The van der Waals surface area contributed by atoms with Gasteiger partial charge < -0.3 is 50.2 Å². The fourth-order valence-electron chi connectivity index (χ4n) is 4.91. The summed E-state index contributed by atoms with van der Waals surface area (Å²) in [4.78, 5) is 23.4. The zero-order valence-corrected chi connectivity index (χ0v) is 21.2. The van der Waals surface area contributed by atoms with Crippen LogP contribution >= 0.6 is 0 Å². The second-order valence-electron chi connectivity index (χ2n) is 9.75. The van der Waals surface area contributed by atoms with E-state index in [4.69, 9.17) is 20.1 Å². The molecule has 2 heterocycles. The quantitative estimate of drug-likeness (QED) is 0.0464. The second kappa shape index (κ2) is 15.2. The van der Waals surface area contributed by atoms with Crippen LogP contribution in [0.4, 0.5) is 0 Å². The van der Waals surface area contributed by atoms with Crippen LogP contribution in [0.2, 0.25) is 0 Å². The molecule has 0 aromatic carbocycles. The summed E-state index contributed by atoms with van der Waals surface area (Å²) in [6.07, 6.45) is -6.18. The van der Waals surface area contributed by atoms with Gasteiger partial charge in [0.2, 0.25) is 11.8 Å². The van der Waals surface area contributed by atoms with Crippen molar-refractivity contribution in [3.8, 4) is 0 Å². The lowest BCUT2D eigenvalue weighted by molar-refractivity contribution is -0.335. The zero-order chi connectivity index (χ0) is 27.6. The van der Waals surface area contributed by atoms with Crippen LogP contribution in [0.5, 0.6) is 0 Å². The van der Waals surface area contributed by atoms with Crippen molar-refractivity contribution in [2.24, 2.45) is 5.84 Å². The van der Waals surface area contributed by atoms with Crippen molar-refractivity contribution in [3.05, 3.63) is 0 Å². The maximum atomic E-state index is 12.2. The van der Waals surface area contributed by atoms with Crippen LogP contribution in [0.1, 0.15) is 58.3 Å². The van der Waals surface area contributed by atoms with Crippen molar-refractivity contribution >= 4 is 11.8 Å². The van der Waals surface area contributed by atoms with Crippen LogP contribution < -0.4 is 16.6 Å². The smallest absolute Gasteiger partial charge is 0.233 e. The van der Waals surface area contributed by atoms with Crippen LogP contribution in [0.3, 0.4) is 0 Å². The van der Waals surface area contributed by atoms with Crippen LogP contribution in [-0.4, -0.2) is 117 Å². The SMILES string of the molecule is CC(=O)N[C@]1(CCCCCCCCC(=O)NN)[C@H](O[C@H]2[C@@H](O)[C@@H](CO)OC[C@@H]2O)O[C@H](CO)[C@H](O)[C@@H]1O. The largest absolute Gasteiger partial charge is 0.394 e. The molecule has 0 bridgehead atoms. The maximum absolute atomic E-state index is 12.2. The molecule has 0 aromatic rings. The predicted octanol–water partition coefficient (Wildman–Crippen LogP) is -3.09. The van der Waals surface area contributed by atoms with Gasteiger partial charge >= 0.3 is 0 Å². The monoisotopic (exact) mass is 537 g/mol. The molecule has 2 rings (SSSR count). The number of hydrazine groups is 1. The molecule has 0 unspecified atom stereocenters. The Bertz CT molecular complexity index is 717. The van der Waals surface area contributed by atoms with E-state index in [1.165, 1.54) is 6.92 Å². The van der Waals surface area contributed by atoms with Crippen molar-refractivity contribution in [2.75, 3.05) is 19.8 Å². The number of rotatable bonds is 14. The van der Waals surface area contributed by atoms with Gasteiger partial charge in [-0.15, -0.1) is 0 Å². The molecule has 0 aliphatic carbocycles. The molecule has 14 nitrogen and oxygen atoms in total. The summed E-state index contributed by atoms with van der Waals surface area (Å²) in [5.41, 5.74) is 0.420. The molecule has 0 spiro atoms. The highest BCUT2D eigenvalue weighted by Gasteiger charge is 2.58. The van der Waals surface area contributed by atoms with Crippen molar-refractivity contribution in [2.45, 2.75) is 113 Å². The Kier molecular flexibility index (Phi) is 13.1. The Hall–Kier alpha value is -1.46. The van der Waals surface area contributed by atoms with E-state index >= 15 is 0 Å². The minimum absolute atomic E-state index is 0.113. The number of carbonyl (C=O) groups is 2. The first kappa shape index (κ1) is 31.8. The normalized spacial score (nSPS) is 36.2. The first-order chi connectivity index (χ1) is 17.6. The molecule has 2 amide bonds. The summed E-state index contributed by atoms with van der Waals surface area (Å²) in [5, 5.41) is 64.6. The Morgan fingerprint density at radius 2 is 1.59 bits per heavy atom. The predicted molar refractivity (Wildman–Crippen MR) is 127 cm³/mol. The number of nitrogens with two attached hydrogens (primary N) is 1. The van der Waals surface area contributed by atoms with Gasteiger partial charge in [-0.2, -0.15) is 0 Å². The number of amides is 2. The molecule has 37 heavy (non-hydrogen) atoms. The minimum atomic E-state index is -1.66. The highest BCUT2D eigenvalue weighted by Crippen LogP contribution is 2.37. The van der Waals surface area contributed by atoms with E-state index < -0.39 is 73.7 Å². The van der Waals surface area contributed by atoms with Crippen LogP contribution in [0, 0.1) is 0 Å². The number of aliphatic hydroxyl groups excluding tert-OH is 6. The van der Waals surface area contributed by atoms with E-state index in [0.29, 0.717) is 25.7 Å². The summed E-state index contributed by atoms with van der Waals surface area (Å²) in [5.74, 6) is 4.30. The van der Waals surface area contributed by atoms with Crippen molar-refractivity contribution in [1.82, 2.24) is 10.7 Å². The van der Waals surface area contributed by atoms with E-state index in [0.717, 1.165) is 19.3 Å². The van der Waals surface area contributed by atoms with Gasteiger partial charge in [-0.05, 0) is 12.8 Å². The third kappa shape index (κ3) is 8.26. The standard InChI is InChI=1S/C23H43N3O11/c1-13(29)25-23(9-7-5-3-2-4-6-8-17(31)26-24)21(34)19(33)16(11-28)36-22(23)37-20-14(30)12-35-15(10-27)18(20)32/h14-16,18-22,27-28,30,32-34H,2-12,24H2,1H3,(H,25,29)(H,26,31)/t14-,15+,16+,18-,19-,20+,21-,22-,23-/m0/s1. The molecular weight excluding hydrogens is 494 g/mol. The average molecular weight is 538 g/mol. The molecule has 216 valence electrons. The molecule has 9 atom stereocenters. The topological polar surface area (TPSA) is 233 Å². The molecule has 2 saturated heterocycles. The minimum Gasteiger partial charge on any atom is -0.394 e. The van der Waals surface area contributed by atoms with Gasteiger partial charge in [0.15, 0.2) is 6.29 Å². The third-order valence-electron chi connectivity index (χ3n) is 6.98. The lowest BCUT2D eigenvalue weighted by Gasteiger charge is -2.52. The van der Waals surface area contributed by atoms with E-state index in [2.05, 4.69) is 10.7 Å². The second-order valence-corrected chi connectivity index (χ2v) is 9.75. The first-order valence-corrected chi connectivity index (χ1v) is 12.8. The van der Waals surface area contributed by atoms with Crippen molar-refractivity contribution < 1.29 is 54.4 Å². The summed E-state index contributed by atoms with van der Waals surface area (Å²) in [6, 6.07) is 0. The Morgan fingerprint density at radius 3 is 2.19 bits per heavy atom. The number of hydrogen-bond acceptors (Lipinski definition) is 12. The number of unbranched alkanes of at least 4 members (excludes halogenated alkanes) is 5. The Morgan fingerprint density at radius 1 is 0.973 bits per heavy atom. The van der Waals surface area contributed by atoms with Gasteiger partial charge in [0, 0.05) is 13.3 Å². The number of ether oxygens (including phenoxy) is 3. The first-order valence-electron chi connectivity index (χ1n) is 12.8. The van der Waals surface area contributed by atoms with Crippen LogP contribution in [0.15, 0.2) is 0 Å². The number of aliphatic hydroxyl groups is 6. The molecule has 2 fully saturated rings. The Labute approximate surface area is 216 Å². The fraction of sp³-hybridized carbons (Fsp3) is 0.913. The van der Waals surface area contributed by atoms with Gasteiger partial charge in [-0.3, -0.25) is 15.0 Å². The zero-order valence-electron chi connectivity index (χ0n) is 21.2. The molecule has 10 N–H and O–H groups in total. The third-order valence-corrected chi connectivity index (χ3v) is 6.98. The number of nitrogens with one attached hydrogen (secondary N) is 2. The average Bonchev–Trinajstić information content (AvgIpc) is 2.87. The summed E-state index contributed by atoms with van der Waals surface area (Å²) >= 11 is 0. The summed E-state index contributed by atoms with van der Waals surface area (Å²) < 4.78 is 16.9. The molecule has 0 saturated carbocycles. The van der Waals surface area contributed by atoms with E-state index in [9.17, 15) is 40.2 Å². The molecular formula is C23H43N3O11. The number of carbonyl (C=O) groups excluding carboxylic acids is 2. The summed E-state index contributed by atoms with van der Waals surface area (Å²) in [6.45, 7) is -0.204. The Balaban J connectivity index is 2.15. The molecule has 0 radical (unpaired) electrons. The number of hydrogen-bond donors (Lipinski definition) is 9. The van der Waals surface area contributed by atoms with Gasteiger partial charge in [-0.1, -0.05) is 32.1 Å². The fourth-order valence-corrected chi connectivity index (χ4v) is 4.91. The molecule has 2 aliphatic heterocycles. The van der Waals surface area contributed by atoms with Gasteiger partial charge in [0.25, 0.3) is 0 Å². The van der Waals surface area contributed by atoms with E-state index in [-0.39, 0.29) is 18.9 Å². The van der Waals surface area contributed by atoms with E-state index in [1.54, 1.807) is 0 Å². The van der Waals surface area contributed by atoms with Crippen LogP contribution in [0.25, 0.3) is 0 Å². The highest BCUT2D eigenvalue weighted by atomic mass is 16.7. The van der Waals surface area contributed by atoms with Crippen molar-refractivity contribution in [3.63, 3.8) is 0 Å². The van der Waals surface area contributed by atoms with Gasteiger partial charge in [-0.25, -0.2) is 5.84 Å². The van der Waals surface area contributed by atoms with Crippen molar-refractivity contribution in [1.29, 1.82) is 0 Å². The molecule has 0 aromatic heterocycles. The highest BCUT2D eigenvalue weighted by molar-refractivity contribution is 5.75. The molecule has 2 aliphatic rings.